The minimum absolute atomic E-state index is 0.179. The van der Waals surface area contributed by atoms with Crippen LogP contribution in [0.2, 0.25) is 0 Å². The summed E-state index contributed by atoms with van der Waals surface area (Å²) in [6.45, 7) is 0. The van der Waals surface area contributed by atoms with Crippen LogP contribution in [-0.2, 0) is 0 Å². The molecule has 4 heterocycles. The molecule has 0 unspecified atom stereocenters. The number of aromatic nitrogens is 5. The zero-order valence-corrected chi connectivity index (χ0v) is 11.2. The van der Waals surface area contributed by atoms with Crippen LogP contribution in [0.3, 0.4) is 0 Å². The summed E-state index contributed by atoms with van der Waals surface area (Å²) in [4.78, 5) is 15.7. The van der Waals surface area contributed by atoms with Crippen LogP contribution in [0.15, 0.2) is 36.9 Å². The highest BCUT2D eigenvalue weighted by Gasteiger charge is 2.15. The van der Waals surface area contributed by atoms with Crippen molar-refractivity contribution in [3.63, 3.8) is 0 Å². The number of nitrogens with two attached hydrogens (primary N) is 1. The van der Waals surface area contributed by atoms with Crippen LogP contribution in [0.1, 0.15) is 0 Å². The van der Waals surface area contributed by atoms with E-state index in [0.717, 1.165) is 22.2 Å². The zero-order valence-electron chi connectivity index (χ0n) is 11.2. The van der Waals surface area contributed by atoms with Gasteiger partial charge in [-0.05, 0) is 12.1 Å². The zero-order chi connectivity index (χ0) is 14.4. The Balaban J connectivity index is 2.01. The van der Waals surface area contributed by atoms with Crippen molar-refractivity contribution >= 4 is 22.6 Å². The van der Waals surface area contributed by atoms with E-state index in [2.05, 4.69) is 19.9 Å². The third-order valence-corrected chi connectivity index (χ3v) is 3.41. The van der Waals surface area contributed by atoms with Gasteiger partial charge < -0.3 is 19.9 Å². The maximum Gasteiger partial charge on any atom is 0.228 e. The van der Waals surface area contributed by atoms with Gasteiger partial charge in [-0.1, -0.05) is 0 Å². The molecule has 0 aromatic carbocycles. The van der Waals surface area contributed by atoms with Crippen LogP contribution in [0, 0.1) is 0 Å². The molecule has 7 nitrogen and oxygen atoms in total. The molecule has 0 atom stereocenters. The van der Waals surface area contributed by atoms with Crippen LogP contribution >= 0.6 is 0 Å². The van der Waals surface area contributed by atoms with E-state index in [1.807, 2.05) is 35.1 Å². The largest absolute Gasteiger partial charge is 0.480 e. The molecular formula is C14H12N6O. The summed E-state index contributed by atoms with van der Waals surface area (Å²) in [5, 5.41) is 0.811. The average molecular weight is 280 g/mol. The Morgan fingerprint density at radius 3 is 3.05 bits per heavy atom. The highest BCUT2D eigenvalue weighted by Crippen LogP contribution is 2.33. The second-order valence-electron chi connectivity index (χ2n) is 4.63. The summed E-state index contributed by atoms with van der Waals surface area (Å²) in [5.74, 6) is 0.636. The van der Waals surface area contributed by atoms with Crippen molar-refractivity contribution in [1.82, 2.24) is 24.3 Å². The van der Waals surface area contributed by atoms with Crippen LogP contribution in [0.25, 0.3) is 27.8 Å². The molecule has 3 N–H and O–H groups in total. The lowest BCUT2D eigenvalue weighted by Gasteiger charge is -2.05. The highest BCUT2D eigenvalue weighted by molar-refractivity contribution is 5.97. The molecule has 0 amide bonds. The van der Waals surface area contributed by atoms with Gasteiger partial charge in [0.05, 0.1) is 12.5 Å². The number of hydrogen-bond acceptors (Lipinski definition) is 5. The number of imidazole rings is 1. The molecule has 0 saturated carbocycles. The number of nitrogen functional groups attached to an aromatic ring is 1. The lowest BCUT2D eigenvalue weighted by atomic mass is 10.1. The molecule has 0 bridgehead atoms. The van der Waals surface area contributed by atoms with Crippen molar-refractivity contribution in [2.75, 3.05) is 12.8 Å². The molecular weight excluding hydrogens is 268 g/mol. The summed E-state index contributed by atoms with van der Waals surface area (Å²) in [6.07, 6.45) is 7.54. The second-order valence-corrected chi connectivity index (χ2v) is 4.63. The Morgan fingerprint density at radius 1 is 1.29 bits per heavy atom. The maximum atomic E-state index is 5.67. The maximum absolute atomic E-state index is 5.67. The number of hydrogen-bond donors (Lipinski definition) is 2. The molecule has 0 saturated heterocycles. The van der Waals surface area contributed by atoms with E-state index in [-0.39, 0.29) is 5.95 Å². The van der Waals surface area contributed by atoms with E-state index in [9.17, 15) is 0 Å². The predicted molar refractivity (Wildman–Crippen MR) is 79.0 cm³/mol. The number of H-pyrrole nitrogens is 1. The third kappa shape index (κ3) is 1.71. The summed E-state index contributed by atoms with van der Waals surface area (Å²) >= 11 is 0. The molecule has 21 heavy (non-hydrogen) atoms. The number of nitrogens with one attached hydrogen (secondary N) is 1. The molecule has 0 aliphatic carbocycles. The number of ether oxygens (including phenoxy) is 1. The number of methoxy groups -OCH3 is 1. The van der Waals surface area contributed by atoms with Crippen molar-refractivity contribution in [1.29, 1.82) is 0 Å². The fraction of sp³-hybridized carbons (Fsp3) is 0.0714. The topological polar surface area (TPSA) is 94.1 Å². The first kappa shape index (κ1) is 11.7. The van der Waals surface area contributed by atoms with Gasteiger partial charge >= 0.3 is 0 Å². The van der Waals surface area contributed by atoms with E-state index in [4.69, 9.17) is 10.5 Å². The summed E-state index contributed by atoms with van der Waals surface area (Å²) in [7, 11) is 1.57. The standard InChI is InChI=1S/C14H12N6O/c1-21-13-11-9(6-17-12(11)18-14(15)19-13)8-2-3-10-16-4-5-20(10)7-8/h2-7H,1H3,(H3,15,17,18,19). The molecule has 4 aromatic rings. The summed E-state index contributed by atoms with van der Waals surface area (Å²) in [5.41, 5.74) is 9.19. The molecule has 7 heteroatoms. The SMILES string of the molecule is COc1nc(N)nc2[nH]cc(-c3ccc4nccn4c3)c12. The molecule has 0 aliphatic heterocycles. The molecule has 0 radical (unpaired) electrons. The molecule has 104 valence electrons. The number of nitrogens with zero attached hydrogens (tertiary/aromatic N) is 4. The number of pyridine rings is 1. The third-order valence-electron chi connectivity index (χ3n) is 3.41. The fourth-order valence-electron chi connectivity index (χ4n) is 2.47. The van der Waals surface area contributed by atoms with E-state index >= 15 is 0 Å². The first-order chi connectivity index (χ1) is 10.3. The van der Waals surface area contributed by atoms with Crippen LogP contribution in [-0.4, -0.2) is 31.4 Å². The normalized spacial score (nSPS) is 11.3. The van der Waals surface area contributed by atoms with Gasteiger partial charge in [0.25, 0.3) is 0 Å². The smallest absolute Gasteiger partial charge is 0.228 e. The number of anilines is 1. The van der Waals surface area contributed by atoms with Crippen molar-refractivity contribution < 1.29 is 4.74 Å². The van der Waals surface area contributed by atoms with Crippen molar-refractivity contribution in [2.45, 2.75) is 0 Å². The minimum Gasteiger partial charge on any atom is -0.480 e. The van der Waals surface area contributed by atoms with Crippen molar-refractivity contribution in [3.8, 4) is 17.0 Å². The molecule has 4 aromatic heterocycles. The first-order valence-electron chi connectivity index (χ1n) is 6.38. The number of aromatic amines is 1. The van der Waals surface area contributed by atoms with E-state index in [1.165, 1.54) is 0 Å². The predicted octanol–water partition coefficient (Wildman–Crippen LogP) is 1.86. The Bertz CT molecular complexity index is 955. The molecule has 0 spiro atoms. The lowest BCUT2D eigenvalue weighted by Crippen LogP contribution is -1.98. The summed E-state index contributed by atoms with van der Waals surface area (Å²) in [6, 6.07) is 3.96. The Kier molecular flexibility index (Phi) is 2.34. The molecule has 0 fully saturated rings. The van der Waals surface area contributed by atoms with E-state index in [1.54, 1.807) is 13.3 Å². The van der Waals surface area contributed by atoms with Gasteiger partial charge in [0.2, 0.25) is 11.8 Å². The van der Waals surface area contributed by atoms with Gasteiger partial charge in [0.15, 0.2) is 0 Å². The van der Waals surface area contributed by atoms with E-state index < -0.39 is 0 Å². The Hall–Kier alpha value is -3.09. The minimum atomic E-state index is 0.179. The molecule has 4 rings (SSSR count). The van der Waals surface area contributed by atoms with Gasteiger partial charge in [0, 0.05) is 35.9 Å². The fourth-order valence-corrected chi connectivity index (χ4v) is 2.47. The van der Waals surface area contributed by atoms with Gasteiger partial charge in [-0.25, -0.2) is 4.98 Å². The van der Waals surface area contributed by atoms with Gasteiger partial charge in [-0.2, -0.15) is 9.97 Å². The molecule has 0 aliphatic rings. The van der Waals surface area contributed by atoms with Crippen LogP contribution in [0.5, 0.6) is 5.88 Å². The van der Waals surface area contributed by atoms with E-state index in [0.29, 0.717) is 11.5 Å². The number of fused-ring (bicyclic) bond motifs is 2. The van der Waals surface area contributed by atoms with Gasteiger partial charge in [0.1, 0.15) is 11.3 Å². The monoisotopic (exact) mass is 280 g/mol. The van der Waals surface area contributed by atoms with Crippen molar-refractivity contribution in [2.24, 2.45) is 0 Å². The second kappa shape index (κ2) is 4.20. The van der Waals surface area contributed by atoms with Crippen molar-refractivity contribution in [3.05, 3.63) is 36.9 Å². The highest BCUT2D eigenvalue weighted by atomic mass is 16.5. The Labute approximate surface area is 119 Å². The average Bonchev–Trinajstić information content (AvgIpc) is 3.11. The quantitative estimate of drug-likeness (QED) is 0.584. The Morgan fingerprint density at radius 2 is 2.19 bits per heavy atom. The van der Waals surface area contributed by atoms with Crippen LogP contribution in [0.4, 0.5) is 5.95 Å². The first-order valence-corrected chi connectivity index (χ1v) is 6.38. The van der Waals surface area contributed by atoms with Gasteiger partial charge in [-0.3, -0.25) is 0 Å². The number of rotatable bonds is 2. The van der Waals surface area contributed by atoms with Gasteiger partial charge in [-0.15, -0.1) is 0 Å². The summed E-state index contributed by atoms with van der Waals surface area (Å²) < 4.78 is 7.29. The lowest BCUT2D eigenvalue weighted by molar-refractivity contribution is 0.403. The van der Waals surface area contributed by atoms with Crippen LogP contribution < -0.4 is 10.5 Å².